The minimum Gasteiger partial charge on any atom is -0.380 e. The molecule has 1 atom stereocenters. The minimum absolute atomic E-state index is 0.232. The summed E-state index contributed by atoms with van der Waals surface area (Å²) in [5.74, 6) is 0. The average Bonchev–Trinajstić information content (AvgIpc) is 2.83. The fraction of sp³-hybridized carbons (Fsp3) is 0.667. The monoisotopic (exact) mass is 306 g/mol. The highest BCUT2D eigenvalue weighted by Crippen LogP contribution is 2.20. The molecule has 0 amide bonds. The Hall–Kier alpha value is -0.470. The molecule has 19 heavy (non-hydrogen) atoms. The lowest BCUT2D eigenvalue weighted by atomic mass is 10.3. The third-order valence-corrected chi connectivity index (χ3v) is 5.48. The molecule has 5 nitrogen and oxygen atoms in total. The van der Waals surface area contributed by atoms with Crippen LogP contribution < -0.4 is 10.0 Å². The summed E-state index contributed by atoms with van der Waals surface area (Å²) >= 11 is 1.24. The zero-order valence-corrected chi connectivity index (χ0v) is 13.2. The summed E-state index contributed by atoms with van der Waals surface area (Å²) in [6.07, 6.45) is 0. The highest BCUT2D eigenvalue weighted by molar-refractivity contribution is 7.91. The summed E-state index contributed by atoms with van der Waals surface area (Å²) in [6, 6.07) is 1.48. The maximum Gasteiger partial charge on any atom is 0.250 e. The summed E-state index contributed by atoms with van der Waals surface area (Å²) in [5, 5.41) is 5.03. The van der Waals surface area contributed by atoms with Gasteiger partial charge in [-0.1, -0.05) is 6.92 Å². The van der Waals surface area contributed by atoms with Crippen molar-refractivity contribution in [2.45, 2.75) is 37.6 Å². The van der Waals surface area contributed by atoms with E-state index in [9.17, 15) is 8.42 Å². The van der Waals surface area contributed by atoms with Crippen LogP contribution in [0.3, 0.4) is 0 Å². The molecule has 0 aliphatic carbocycles. The molecular weight excluding hydrogens is 284 g/mol. The van der Waals surface area contributed by atoms with Gasteiger partial charge in [-0.3, -0.25) is 0 Å². The average molecular weight is 306 g/mol. The molecular formula is C12H22N2O3S2. The Morgan fingerprint density at radius 3 is 2.79 bits per heavy atom. The maximum atomic E-state index is 12.1. The maximum absolute atomic E-state index is 12.1. The lowest BCUT2D eigenvalue weighted by Gasteiger charge is -2.12. The molecule has 7 heteroatoms. The number of hydrogen-bond acceptors (Lipinski definition) is 5. The largest absolute Gasteiger partial charge is 0.380 e. The minimum atomic E-state index is -3.43. The topological polar surface area (TPSA) is 67.4 Å². The summed E-state index contributed by atoms with van der Waals surface area (Å²) in [5.41, 5.74) is 0.990. The van der Waals surface area contributed by atoms with E-state index in [0.29, 0.717) is 24.0 Å². The molecule has 1 unspecified atom stereocenters. The molecule has 1 rings (SSSR count). The predicted molar refractivity (Wildman–Crippen MR) is 78.0 cm³/mol. The van der Waals surface area contributed by atoms with Gasteiger partial charge in [-0.2, -0.15) is 0 Å². The van der Waals surface area contributed by atoms with Gasteiger partial charge in [-0.25, -0.2) is 13.1 Å². The molecule has 1 aromatic rings. The van der Waals surface area contributed by atoms with Gasteiger partial charge in [0, 0.05) is 19.2 Å². The number of nitrogens with one attached hydrogen (secondary N) is 2. The first-order valence-corrected chi connectivity index (χ1v) is 8.74. The molecule has 0 aliphatic heterocycles. The first-order valence-electron chi connectivity index (χ1n) is 6.37. The smallest absolute Gasteiger partial charge is 0.250 e. The summed E-state index contributed by atoms with van der Waals surface area (Å²) < 4.78 is 32.4. The molecule has 1 aromatic heterocycles. The quantitative estimate of drug-likeness (QED) is 0.726. The van der Waals surface area contributed by atoms with Crippen LogP contribution in [0.15, 0.2) is 15.7 Å². The third kappa shape index (κ3) is 5.58. The Morgan fingerprint density at radius 2 is 2.16 bits per heavy atom. The molecule has 0 aliphatic rings. The van der Waals surface area contributed by atoms with Crippen LogP contribution in [-0.2, 0) is 21.3 Å². The zero-order valence-electron chi connectivity index (χ0n) is 11.6. The molecule has 0 bridgehead atoms. The molecule has 0 spiro atoms. The van der Waals surface area contributed by atoms with E-state index < -0.39 is 10.0 Å². The summed E-state index contributed by atoms with van der Waals surface area (Å²) in [4.78, 5) is 0. The van der Waals surface area contributed by atoms with Crippen LogP contribution in [-0.4, -0.2) is 34.2 Å². The van der Waals surface area contributed by atoms with Crippen LogP contribution in [0.2, 0.25) is 0 Å². The van der Waals surface area contributed by atoms with Crippen molar-refractivity contribution >= 4 is 21.4 Å². The van der Waals surface area contributed by atoms with E-state index in [0.717, 1.165) is 12.1 Å². The molecule has 2 N–H and O–H groups in total. The van der Waals surface area contributed by atoms with Gasteiger partial charge >= 0.3 is 0 Å². The normalized spacial score (nSPS) is 13.6. The summed E-state index contributed by atoms with van der Waals surface area (Å²) in [6.45, 7) is 8.21. The van der Waals surface area contributed by atoms with E-state index in [-0.39, 0.29) is 6.04 Å². The number of thiophene rings is 1. The Kier molecular flexibility index (Phi) is 6.95. The van der Waals surface area contributed by atoms with E-state index in [4.69, 9.17) is 4.74 Å². The number of ether oxygens (including phenoxy) is 1. The van der Waals surface area contributed by atoms with E-state index in [2.05, 4.69) is 10.0 Å². The van der Waals surface area contributed by atoms with Crippen molar-refractivity contribution in [3.8, 4) is 0 Å². The molecule has 0 saturated carbocycles. The van der Waals surface area contributed by atoms with Crippen molar-refractivity contribution in [1.82, 2.24) is 10.0 Å². The van der Waals surface area contributed by atoms with Crippen LogP contribution in [0.4, 0.5) is 0 Å². The van der Waals surface area contributed by atoms with Gasteiger partial charge in [-0.15, -0.1) is 11.3 Å². The van der Waals surface area contributed by atoms with Gasteiger partial charge < -0.3 is 10.1 Å². The lowest BCUT2D eigenvalue weighted by Crippen LogP contribution is -2.35. The Morgan fingerprint density at radius 1 is 1.42 bits per heavy atom. The zero-order chi connectivity index (χ0) is 14.3. The predicted octanol–water partition coefficient (Wildman–Crippen LogP) is 1.56. The number of rotatable bonds is 9. The third-order valence-electron chi connectivity index (χ3n) is 2.40. The van der Waals surface area contributed by atoms with E-state index in [1.54, 1.807) is 13.0 Å². The van der Waals surface area contributed by atoms with E-state index in [1.165, 1.54) is 11.3 Å². The van der Waals surface area contributed by atoms with Crippen molar-refractivity contribution < 1.29 is 13.2 Å². The van der Waals surface area contributed by atoms with Gasteiger partial charge in [0.05, 0.1) is 6.61 Å². The number of sulfonamides is 1. The van der Waals surface area contributed by atoms with Gasteiger partial charge in [0.2, 0.25) is 10.0 Å². The van der Waals surface area contributed by atoms with Gasteiger partial charge in [-0.05, 0) is 37.4 Å². The van der Waals surface area contributed by atoms with Gasteiger partial charge in [0.15, 0.2) is 0 Å². The molecule has 0 saturated heterocycles. The van der Waals surface area contributed by atoms with Crippen LogP contribution in [0.25, 0.3) is 0 Å². The highest BCUT2D eigenvalue weighted by Gasteiger charge is 2.19. The molecule has 0 fully saturated rings. The number of hydrogen-bond donors (Lipinski definition) is 2. The second kappa shape index (κ2) is 7.96. The van der Waals surface area contributed by atoms with Gasteiger partial charge in [0.25, 0.3) is 0 Å². The molecule has 0 aromatic carbocycles. The van der Waals surface area contributed by atoms with Crippen molar-refractivity contribution in [2.24, 2.45) is 0 Å². The highest BCUT2D eigenvalue weighted by atomic mass is 32.2. The fourth-order valence-corrected chi connectivity index (χ4v) is 3.96. The first kappa shape index (κ1) is 16.6. The van der Waals surface area contributed by atoms with Crippen LogP contribution in [0.5, 0.6) is 0 Å². The Labute approximate surface area is 119 Å². The van der Waals surface area contributed by atoms with Crippen LogP contribution in [0.1, 0.15) is 26.3 Å². The second-order valence-corrected chi connectivity index (χ2v) is 7.09. The summed E-state index contributed by atoms with van der Waals surface area (Å²) in [7, 11) is -3.43. The molecule has 1 heterocycles. The second-order valence-electron chi connectivity index (χ2n) is 4.24. The van der Waals surface area contributed by atoms with Crippen LogP contribution >= 0.6 is 11.3 Å². The van der Waals surface area contributed by atoms with Crippen molar-refractivity contribution in [2.75, 3.05) is 19.8 Å². The van der Waals surface area contributed by atoms with E-state index in [1.807, 2.05) is 19.2 Å². The fourth-order valence-electron chi connectivity index (χ4n) is 1.51. The Bertz CT molecular complexity index is 471. The SMILES string of the molecule is CCNCc1csc(S(=O)(=O)NC(C)COCC)c1. The standard InChI is InChI=1S/C12H22N2O3S2/c1-4-13-7-11-6-12(18-9-11)19(15,16)14-10(3)8-17-5-2/h6,9-10,13-14H,4-5,7-8H2,1-3H3. The molecule has 0 radical (unpaired) electrons. The lowest BCUT2D eigenvalue weighted by molar-refractivity contribution is 0.133. The van der Waals surface area contributed by atoms with Gasteiger partial charge in [0.1, 0.15) is 4.21 Å². The first-order chi connectivity index (χ1) is 8.99. The molecule has 110 valence electrons. The van der Waals surface area contributed by atoms with E-state index >= 15 is 0 Å². The van der Waals surface area contributed by atoms with Crippen LogP contribution in [0, 0.1) is 0 Å². The Balaban J connectivity index is 2.63. The van der Waals surface area contributed by atoms with Crippen molar-refractivity contribution in [1.29, 1.82) is 0 Å². The van der Waals surface area contributed by atoms with Crippen molar-refractivity contribution in [3.63, 3.8) is 0 Å². The van der Waals surface area contributed by atoms with Crippen molar-refractivity contribution in [3.05, 3.63) is 17.0 Å².